The number of fused-ring (bicyclic) bond motifs is 1. The van der Waals surface area contributed by atoms with Crippen molar-refractivity contribution in [2.24, 2.45) is 0 Å². The molecule has 1 aromatic carbocycles. The van der Waals surface area contributed by atoms with Crippen LogP contribution in [0.15, 0.2) is 79.4 Å². The van der Waals surface area contributed by atoms with Crippen LogP contribution in [0.3, 0.4) is 0 Å². The Hall–Kier alpha value is -7.93. The number of rotatable bonds is 61. The highest BCUT2D eigenvalue weighted by molar-refractivity contribution is 8.76. The molecule has 606 valence electrons. The molecule has 6 N–H and O–H groups in total. The van der Waals surface area contributed by atoms with Crippen molar-refractivity contribution in [2.45, 2.75) is 96.0 Å². The van der Waals surface area contributed by atoms with Crippen LogP contribution in [0.25, 0.3) is 33.2 Å². The number of hydrogen-bond donors (Lipinski definition) is 5. The first kappa shape index (κ1) is 91.0. The molecule has 2 unspecified atom stereocenters. The van der Waals surface area contributed by atoms with Crippen LogP contribution in [0.4, 0.5) is 14.5 Å². The Balaban J connectivity index is 0.805. The number of amides is 5. The zero-order valence-corrected chi connectivity index (χ0v) is 64.5. The second-order valence-corrected chi connectivity index (χ2v) is 27.2. The zero-order valence-electron chi connectivity index (χ0n) is 62.9. The number of pyridine rings is 4. The minimum absolute atomic E-state index is 0.0303. The molecule has 1 saturated heterocycles. The third-order valence-corrected chi connectivity index (χ3v) is 18.6. The van der Waals surface area contributed by atoms with Gasteiger partial charge >= 0.3 is 5.97 Å². The van der Waals surface area contributed by atoms with E-state index in [0.717, 1.165) is 57.5 Å². The number of likely N-dealkylation sites (tertiary alicyclic amines) is 1. The summed E-state index contributed by atoms with van der Waals surface area (Å²) in [5.74, 6) is -5.80. The smallest absolute Gasteiger partial charge is 0.306 e. The first-order valence-corrected chi connectivity index (χ1v) is 39.2. The maximum Gasteiger partial charge on any atom is 0.306 e. The number of nitrogens with two attached hydrogens (primary N) is 1. The number of alkyl halides is 2. The van der Waals surface area contributed by atoms with Gasteiger partial charge in [-0.1, -0.05) is 47.1 Å². The monoisotopic (exact) mass is 1580 g/mol. The predicted molar refractivity (Wildman–Crippen MR) is 406 cm³/mol. The summed E-state index contributed by atoms with van der Waals surface area (Å²) >= 11 is 0. The van der Waals surface area contributed by atoms with Crippen LogP contribution >= 0.6 is 21.6 Å². The Bertz CT molecular complexity index is 3560. The van der Waals surface area contributed by atoms with Crippen molar-refractivity contribution in [1.82, 2.24) is 46.1 Å². The number of nitrogens with one attached hydrogen (secondary N) is 4. The SMILES string of the molecule is CCCCOCCOCCOCCOCCOCCOCCOCCOCCOCCOCCOCCOCCNC(=O)C(CSSCCCC(=O)OCc1ccc(-c2ccnc3ccc(-c4cnc(OC)c(N)c4)cc23)cn1)NC(=O)CCC(=O)NCc1cc(C(=O)NC(C)C(=O)N2CC(F)(F)C[C@H]2C#N)ccn1. The van der Waals surface area contributed by atoms with Gasteiger partial charge in [0.2, 0.25) is 29.5 Å². The number of methoxy groups -OCH3 is 1. The van der Waals surface area contributed by atoms with Gasteiger partial charge in [-0.3, -0.25) is 43.7 Å². The molecule has 0 spiro atoms. The molecule has 3 atom stereocenters. The average Bonchev–Trinajstić information content (AvgIpc) is 1.77. The van der Waals surface area contributed by atoms with Crippen molar-refractivity contribution in [2.75, 3.05) is 196 Å². The van der Waals surface area contributed by atoms with E-state index in [1.807, 2.05) is 30.3 Å². The minimum atomic E-state index is -3.23. The van der Waals surface area contributed by atoms with Gasteiger partial charge in [-0.2, -0.15) is 5.26 Å². The van der Waals surface area contributed by atoms with Gasteiger partial charge in [0.1, 0.15) is 24.7 Å². The third-order valence-electron chi connectivity index (χ3n) is 16.1. The first-order chi connectivity index (χ1) is 53.6. The van der Waals surface area contributed by atoms with Crippen LogP contribution in [-0.4, -0.2) is 275 Å². The van der Waals surface area contributed by atoms with Gasteiger partial charge in [0.25, 0.3) is 11.8 Å². The number of halogens is 2. The first-order valence-electron chi connectivity index (χ1n) is 36.7. The Labute approximate surface area is 648 Å². The highest BCUT2D eigenvalue weighted by Crippen LogP contribution is 2.34. The van der Waals surface area contributed by atoms with Gasteiger partial charge in [0, 0.05) is 97.2 Å². The summed E-state index contributed by atoms with van der Waals surface area (Å²) in [4.78, 5) is 97.0. The van der Waals surface area contributed by atoms with Gasteiger partial charge in [-0.05, 0) is 73.4 Å². The normalized spacial score (nSPS) is 13.7. The van der Waals surface area contributed by atoms with Gasteiger partial charge in [-0.25, -0.2) is 13.8 Å². The molecule has 6 rings (SSSR count). The van der Waals surface area contributed by atoms with E-state index in [2.05, 4.69) is 48.1 Å². The summed E-state index contributed by atoms with van der Waals surface area (Å²) in [5, 5.41) is 20.8. The maximum absolute atomic E-state index is 14.0. The number of benzene rings is 1. The molecule has 5 aromatic rings. The molecule has 5 amide bonds. The number of esters is 1. The molecular weight excluding hydrogens is 1480 g/mol. The maximum atomic E-state index is 14.0. The van der Waals surface area contributed by atoms with E-state index in [4.69, 9.17) is 72.0 Å². The molecule has 1 fully saturated rings. The molecular formula is C75H105F2N11O20S2. The van der Waals surface area contributed by atoms with E-state index in [9.17, 15) is 42.8 Å². The lowest BCUT2D eigenvalue weighted by atomic mass is 9.98. The fourth-order valence-electron chi connectivity index (χ4n) is 10.3. The number of aromatic nitrogens is 4. The molecule has 110 heavy (non-hydrogen) atoms. The summed E-state index contributed by atoms with van der Waals surface area (Å²) in [7, 11) is 4.23. The minimum Gasteiger partial charge on any atom is -0.480 e. The molecule has 35 heteroatoms. The lowest BCUT2D eigenvalue weighted by molar-refractivity contribution is -0.145. The summed E-state index contributed by atoms with van der Waals surface area (Å²) < 4.78 is 105. The van der Waals surface area contributed by atoms with Crippen LogP contribution in [-0.2, 0) is 98.7 Å². The number of hydrogen-bond acceptors (Lipinski definition) is 28. The van der Waals surface area contributed by atoms with Gasteiger partial charge in [0.15, 0.2) is 0 Å². The molecule has 1 aliphatic heterocycles. The van der Waals surface area contributed by atoms with E-state index < -0.39 is 72.5 Å². The van der Waals surface area contributed by atoms with E-state index in [-0.39, 0.29) is 75.8 Å². The van der Waals surface area contributed by atoms with E-state index in [1.165, 1.54) is 54.0 Å². The Morgan fingerprint density at radius 1 is 0.609 bits per heavy atom. The Morgan fingerprint density at radius 3 is 1.72 bits per heavy atom. The summed E-state index contributed by atoms with van der Waals surface area (Å²) in [6, 6.07) is 14.2. The highest BCUT2D eigenvalue weighted by Gasteiger charge is 2.48. The molecule has 0 aliphatic carbocycles. The van der Waals surface area contributed by atoms with Crippen LogP contribution in [0.2, 0.25) is 0 Å². The quantitative estimate of drug-likeness (QED) is 0.0166. The largest absolute Gasteiger partial charge is 0.480 e. The van der Waals surface area contributed by atoms with E-state index in [0.29, 0.717) is 162 Å². The zero-order chi connectivity index (χ0) is 78.7. The Morgan fingerprint density at radius 2 is 1.16 bits per heavy atom. The molecule has 0 bridgehead atoms. The predicted octanol–water partition coefficient (Wildman–Crippen LogP) is 6.12. The average molecular weight is 1580 g/mol. The standard InChI is InChI=1S/C75H105F2N11O20S2/c1-4-5-19-96-21-23-98-25-27-100-29-31-102-33-35-104-37-39-106-41-42-107-40-38-105-36-34-103-32-30-101-28-26-99-24-22-97-20-18-82-72(93)67(87-69(90)13-12-68(89)84-51-61-44-57(14-16-80-61)71(92)86-55(2)74(94)88-54-75(76,77)47-62(88)48-78)53-110-109-43-6-7-70(91)108-52-60-10-8-58(49-83-60)63-15-17-81-66-11-9-56(45-64(63)66)59-46-65(79)73(95-3)85-50-59/h8-11,14-17,44-46,49-50,55,62,67H,4-7,12-13,18-43,47,51-54,79H2,1-3H3,(H,82,93)(H,84,89)(H,86,92)(H,87,90)/t55?,62-,67?/m0/s1. The van der Waals surface area contributed by atoms with Crippen LogP contribution in [0, 0.1) is 11.3 Å². The van der Waals surface area contributed by atoms with Crippen molar-refractivity contribution in [3.63, 3.8) is 0 Å². The lowest BCUT2D eigenvalue weighted by Crippen LogP contribution is -2.49. The topological polar surface area (TPSA) is 384 Å². The van der Waals surface area contributed by atoms with Crippen molar-refractivity contribution >= 4 is 73.7 Å². The van der Waals surface area contributed by atoms with Gasteiger partial charge < -0.3 is 98.2 Å². The van der Waals surface area contributed by atoms with Crippen molar-refractivity contribution in [3.8, 4) is 34.2 Å². The van der Waals surface area contributed by atoms with Crippen molar-refractivity contribution < 1.29 is 104 Å². The van der Waals surface area contributed by atoms with Crippen molar-refractivity contribution in [1.29, 1.82) is 5.26 Å². The number of carbonyl (C=O) groups excluding carboxylic acids is 6. The summed E-state index contributed by atoms with van der Waals surface area (Å²) in [5.41, 5.74) is 11.7. The number of nitriles is 1. The number of nitrogens with zero attached hydrogens (tertiary/aromatic N) is 6. The number of anilines is 1. The molecule has 5 heterocycles. The molecule has 0 radical (unpaired) electrons. The number of ether oxygens (including phenoxy) is 14. The molecule has 0 saturated carbocycles. The number of unbranched alkanes of at least 4 members (excludes halogenated alkanes) is 1. The third kappa shape index (κ3) is 36.9. The molecule has 4 aromatic heterocycles. The molecule has 31 nitrogen and oxygen atoms in total. The molecule has 1 aliphatic rings. The van der Waals surface area contributed by atoms with Crippen LogP contribution in [0.5, 0.6) is 5.88 Å². The van der Waals surface area contributed by atoms with Crippen molar-refractivity contribution in [3.05, 3.63) is 96.3 Å². The number of nitrogen functional groups attached to an aromatic ring is 1. The fraction of sp³-hybridized carbons (Fsp3) is 0.587. The lowest BCUT2D eigenvalue weighted by Gasteiger charge is -2.23. The highest BCUT2D eigenvalue weighted by atomic mass is 33.1. The van der Waals surface area contributed by atoms with Gasteiger partial charge in [-0.15, -0.1) is 0 Å². The fourth-order valence-corrected chi connectivity index (χ4v) is 12.5. The van der Waals surface area contributed by atoms with E-state index >= 15 is 0 Å². The van der Waals surface area contributed by atoms with E-state index in [1.54, 1.807) is 36.8 Å². The number of carbonyl (C=O) groups is 6. The second-order valence-electron chi connectivity index (χ2n) is 24.6. The second kappa shape index (κ2) is 54.7. The van der Waals surface area contributed by atoms with Crippen LogP contribution < -0.4 is 31.7 Å². The summed E-state index contributed by atoms with van der Waals surface area (Å²) in [6.07, 6.45) is 7.88. The van der Waals surface area contributed by atoms with Gasteiger partial charge in [0.05, 0.1) is 201 Å². The van der Waals surface area contributed by atoms with Crippen LogP contribution in [0.1, 0.15) is 80.5 Å². The Kier molecular flexibility index (Phi) is 45.2. The summed E-state index contributed by atoms with van der Waals surface area (Å²) in [6.45, 7) is 13.0.